The van der Waals surface area contributed by atoms with Gasteiger partial charge in [0, 0.05) is 16.2 Å². The molecule has 2 rings (SSSR count). The Morgan fingerprint density at radius 2 is 1.77 bits per heavy atom. The molecule has 2 aromatic rings. The first-order chi connectivity index (χ1) is 14.9. The highest BCUT2D eigenvalue weighted by Gasteiger charge is 2.29. The first kappa shape index (κ1) is 25.0. The van der Waals surface area contributed by atoms with E-state index in [1.54, 1.807) is 12.0 Å². The van der Waals surface area contributed by atoms with Crippen molar-refractivity contribution in [3.05, 3.63) is 57.7 Å². The molecular weight excluding hydrogens is 507 g/mol. The van der Waals surface area contributed by atoms with Crippen LogP contribution in [0.1, 0.15) is 39.2 Å². The molecule has 0 spiro atoms. The molecule has 0 aliphatic carbocycles. The van der Waals surface area contributed by atoms with Gasteiger partial charge < -0.3 is 19.7 Å². The van der Waals surface area contributed by atoms with Crippen LogP contribution >= 0.6 is 22.6 Å². The van der Waals surface area contributed by atoms with Crippen molar-refractivity contribution in [2.45, 2.75) is 52.2 Å². The maximum absolute atomic E-state index is 13.2. The lowest BCUT2D eigenvalue weighted by atomic mass is 10.1. The van der Waals surface area contributed by atoms with E-state index in [1.807, 2.05) is 69.3 Å². The zero-order valence-corrected chi connectivity index (χ0v) is 20.7. The van der Waals surface area contributed by atoms with Gasteiger partial charge in [0.25, 0.3) is 5.91 Å². The Balaban J connectivity index is 2.22. The fourth-order valence-corrected chi connectivity index (χ4v) is 3.45. The third-order valence-electron chi connectivity index (χ3n) is 5.05. The largest absolute Gasteiger partial charge is 0.497 e. The number of carbonyl (C=O) groups is 2. The number of nitrogens with one attached hydrogen (secondary N) is 1. The smallest absolute Gasteiger partial charge is 0.261 e. The van der Waals surface area contributed by atoms with Crippen molar-refractivity contribution in [2.24, 2.45) is 0 Å². The molecule has 0 aliphatic heterocycles. The lowest BCUT2D eigenvalue weighted by molar-refractivity contribution is -0.143. The first-order valence-corrected chi connectivity index (χ1v) is 11.6. The lowest BCUT2D eigenvalue weighted by Crippen LogP contribution is -2.51. The van der Waals surface area contributed by atoms with Gasteiger partial charge in [0.15, 0.2) is 6.61 Å². The minimum Gasteiger partial charge on any atom is -0.497 e. The van der Waals surface area contributed by atoms with E-state index in [0.717, 1.165) is 15.6 Å². The SMILES string of the molecule is CCC(C)NC(=O)C(CC)N(Cc1cccc(OC)c1)C(=O)COc1ccc(I)cc1. The maximum Gasteiger partial charge on any atom is 0.261 e. The van der Waals surface area contributed by atoms with Gasteiger partial charge in [0.2, 0.25) is 5.91 Å². The number of methoxy groups -OCH3 is 1. The van der Waals surface area contributed by atoms with Gasteiger partial charge in [-0.1, -0.05) is 26.0 Å². The molecule has 1 N–H and O–H groups in total. The molecule has 0 aliphatic rings. The van der Waals surface area contributed by atoms with Gasteiger partial charge in [0.05, 0.1) is 7.11 Å². The van der Waals surface area contributed by atoms with E-state index in [1.165, 1.54) is 0 Å². The monoisotopic (exact) mass is 538 g/mol. The predicted molar refractivity (Wildman–Crippen MR) is 130 cm³/mol. The summed E-state index contributed by atoms with van der Waals surface area (Å²) in [5.41, 5.74) is 0.886. The number of benzene rings is 2. The lowest BCUT2D eigenvalue weighted by Gasteiger charge is -2.31. The van der Waals surface area contributed by atoms with Gasteiger partial charge in [-0.2, -0.15) is 0 Å². The molecule has 2 unspecified atom stereocenters. The summed E-state index contributed by atoms with van der Waals surface area (Å²) in [5.74, 6) is 0.930. The topological polar surface area (TPSA) is 67.9 Å². The highest BCUT2D eigenvalue weighted by Crippen LogP contribution is 2.18. The molecule has 168 valence electrons. The Hall–Kier alpha value is -2.29. The number of hydrogen-bond donors (Lipinski definition) is 1. The fraction of sp³-hybridized carbons (Fsp3) is 0.417. The average Bonchev–Trinajstić information content (AvgIpc) is 2.78. The summed E-state index contributed by atoms with van der Waals surface area (Å²) in [6.45, 7) is 6.03. The molecule has 0 radical (unpaired) electrons. The average molecular weight is 538 g/mol. The van der Waals surface area contributed by atoms with E-state index < -0.39 is 6.04 Å². The van der Waals surface area contributed by atoms with Crippen molar-refractivity contribution in [1.29, 1.82) is 0 Å². The van der Waals surface area contributed by atoms with Crippen molar-refractivity contribution in [3.8, 4) is 11.5 Å². The molecule has 0 heterocycles. The second-order valence-corrected chi connectivity index (χ2v) is 8.60. The van der Waals surface area contributed by atoms with Gasteiger partial charge in [-0.05, 0) is 84.3 Å². The molecule has 7 heteroatoms. The Kier molecular flexibility index (Phi) is 10.1. The standard InChI is InChI=1S/C24H31IN2O4/c1-5-17(3)26-24(29)22(6-2)27(15-18-8-7-9-21(14-18)30-4)23(28)16-31-20-12-10-19(25)11-13-20/h7-14,17,22H,5-6,15-16H2,1-4H3,(H,26,29). The summed E-state index contributed by atoms with van der Waals surface area (Å²) >= 11 is 2.21. The van der Waals surface area contributed by atoms with Crippen LogP contribution in [0.4, 0.5) is 0 Å². The van der Waals surface area contributed by atoms with Crippen molar-refractivity contribution >= 4 is 34.4 Å². The molecule has 0 saturated heterocycles. The molecular formula is C24H31IN2O4. The van der Waals surface area contributed by atoms with Crippen molar-refractivity contribution in [3.63, 3.8) is 0 Å². The molecule has 2 aromatic carbocycles. The molecule has 0 aromatic heterocycles. The summed E-state index contributed by atoms with van der Waals surface area (Å²) < 4.78 is 12.1. The van der Waals surface area contributed by atoms with E-state index in [9.17, 15) is 9.59 Å². The summed E-state index contributed by atoms with van der Waals surface area (Å²) in [5, 5.41) is 3.01. The van der Waals surface area contributed by atoms with E-state index in [-0.39, 0.29) is 24.5 Å². The van der Waals surface area contributed by atoms with Crippen molar-refractivity contribution in [1.82, 2.24) is 10.2 Å². The molecule has 0 bridgehead atoms. The highest BCUT2D eigenvalue weighted by molar-refractivity contribution is 14.1. The molecule has 2 atom stereocenters. The number of carbonyl (C=O) groups excluding carboxylic acids is 2. The molecule has 0 saturated carbocycles. The Morgan fingerprint density at radius 1 is 1.06 bits per heavy atom. The van der Waals surface area contributed by atoms with Crippen LogP contribution in [-0.2, 0) is 16.1 Å². The summed E-state index contributed by atoms with van der Waals surface area (Å²) in [7, 11) is 1.60. The van der Waals surface area contributed by atoms with Crippen LogP contribution < -0.4 is 14.8 Å². The van der Waals surface area contributed by atoms with Crippen molar-refractivity contribution < 1.29 is 19.1 Å². The third-order valence-corrected chi connectivity index (χ3v) is 5.77. The molecule has 0 fully saturated rings. The number of rotatable bonds is 11. The van der Waals surface area contributed by atoms with Crippen molar-refractivity contribution in [2.75, 3.05) is 13.7 Å². The normalized spacial score (nSPS) is 12.5. The second kappa shape index (κ2) is 12.5. The van der Waals surface area contributed by atoms with Crippen LogP contribution in [-0.4, -0.2) is 42.5 Å². The van der Waals surface area contributed by atoms with Crippen LogP contribution in [0.5, 0.6) is 11.5 Å². The number of nitrogens with zero attached hydrogens (tertiary/aromatic N) is 1. The molecule has 2 amide bonds. The summed E-state index contributed by atoms with van der Waals surface area (Å²) in [6, 6.07) is 14.5. The zero-order valence-electron chi connectivity index (χ0n) is 18.6. The fourth-order valence-electron chi connectivity index (χ4n) is 3.09. The van der Waals surface area contributed by atoms with Crippen LogP contribution in [0.3, 0.4) is 0 Å². The van der Waals surface area contributed by atoms with E-state index in [4.69, 9.17) is 9.47 Å². The van der Waals surface area contributed by atoms with Gasteiger partial charge in [-0.3, -0.25) is 9.59 Å². The van der Waals surface area contributed by atoms with E-state index >= 15 is 0 Å². The van der Waals surface area contributed by atoms with Crippen LogP contribution in [0, 0.1) is 3.57 Å². The van der Waals surface area contributed by atoms with E-state index in [0.29, 0.717) is 24.5 Å². The van der Waals surface area contributed by atoms with Gasteiger partial charge in [-0.25, -0.2) is 0 Å². The van der Waals surface area contributed by atoms with Gasteiger partial charge in [0.1, 0.15) is 17.5 Å². The number of amides is 2. The zero-order chi connectivity index (χ0) is 22.8. The first-order valence-electron chi connectivity index (χ1n) is 10.5. The number of ether oxygens (including phenoxy) is 2. The molecule has 31 heavy (non-hydrogen) atoms. The quantitative estimate of drug-likeness (QED) is 0.431. The van der Waals surface area contributed by atoms with Crippen LogP contribution in [0.15, 0.2) is 48.5 Å². The summed E-state index contributed by atoms with van der Waals surface area (Å²) in [4.78, 5) is 27.7. The third kappa shape index (κ3) is 7.72. The minimum atomic E-state index is -0.590. The minimum absolute atomic E-state index is 0.0402. The Bertz CT molecular complexity index is 857. The van der Waals surface area contributed by atoms with Crippen LogP contribution in [0.2, 0.25) is 0 Å². The highest BCUT2D eigenvalue weighted by atomic mass is 127. The Labute approximate surface area is 198 Å². The second-order valence-electron chi connectivity index (χ2n) is 7.36. The maximum atomic E-state index is 13.2. The van der Waals surface area contributed by atoms with E-state index in [2.05, 4.69) is 27.9 Å². The number of halogens is 1. The van der Waals surface area contributed by atoms with Gasteiger partial charge >= 0.3 is 0 Å². The Morgan fingerprint density at radius 3 is 2.39 bits per heavy atom. The summed E-state index contributed by atoms with van der Waals surface area (Å²) in [6.07, 6.45) is 1.32. The molecule has 6 nitrogen and oxygen atoms in total. The predicted octanol–water partition coefficient (Wildman–Crippen LogP) is 4.40. The number of hydrogen-bond acceptors (Lipinski definition) is 4. The van der Waals surface area contributed by atoms with Gasteiger partial charge in [-0.15, -0.1) is 0 Å². The van der Waals surface area contributed by atoms with Crippen LogP contribution in [0.25, 0.3) is 0 Å².